The van der Waals surface area contributed by atoms with E-state index in [1.807, 2.05) is 19.2 Å². The second-order valence-electron chi connectivity index (χ2n) is 5.00. The maximum Gasteiger partial charge on any atom is 0.191 e. The van der Waals surface area contributed by atoms with Crippen LogP contribution in [0.2, 0.25) is 0 Å². The summed E-state index contributed by atoms with van der Waals surface area (Å²) in [7, 11) is 1.87. The second-order valence-corrected chi connectivity index (χ2v) is 5.00. The van der Waals surface area contributed by atoms with Gasteiger partial charge in [-0.2, -0.15) is 5.10 Å². The molecule has 128 valence electrons. The van der Waals surface area contributed by atoms with E-state index in [1.54, 1.807) is 17.3 Å². The van der Waals surface area contributed by atoms with Crippen molar-refractivity contribution in [1.82, 2.24) is 25.4 Å². The van der Waals surface area contributed by atoms with Gasteiger partial charge in [-0.3, -0.25) is 4.68 Å². The molecule has 0 unspecified atom stereocenters. The number of furan rings is 1. The molecule has 0 saturated heterocycles. The second kappa shape index (κ2) is 11.0. The van der Waals surface area contributed by atoms with Gasteiger partial charge in [-0.15, -0.1) is 24.0 Å². The molecule has 2 rings (SSSR count). The molecule has 0 aliphatic carbocycles. The Labute approximate surface area is 154 Å². The van der Waals surface area contributed by atoms with Gasteiger partial charge in [0.15, 0.2) is 5.96 Å². The number of aromatic nitrogens is 3. The monoisotopic (exact) mass is 432 g/mol. The summed E-state index contributed by atoms with van der Waals surface area (Å²) in [5.74, 6) is 2.60. The van der Waals surface area contributed by atoms with Gasteiger partial charge in [0.05, 0.1) is 6.26 Å². The van der Waals surface area contributed by atoms with Crippen LogP contribution < -0.4 is 10.6 Å². The number of rotatable bonds is 8. The maximum atomic E-state index is 5.33. The first-order valence-corrected chi connectivity index (χ1v) is 7.67. The minimum absolute atomic E-state index is 0. The van der Waals surface area contributed by atoms with Crippen LogP contribution in [0, 0.1) is 0 Å². The van der Waals surface area contributed by atoms with Crippen molar-refractivity contribution in [3.05, 3.63) is 36.3 Å². The van der Waals surface area contributed by atoms with E-state index in [4.69, 9.17) is 4.42 Å². The van der Waals surface area contributed by atoms with E-state index in [1.165, 1.54) is 0 Å². The highest BCUT2D eigenvalue weighted by Gasteiger charge is 2.02. The largest absolute Gasteiger partial charge is 0.469 e. The molecule has 0 aliphatic rings. The molecular formula is C15H25IN6O. The first kappa shape index (κ1) is 19.5. The maximum absolute atomic E-state index is 5.33. The molecule has 0 atom stereocenters. The lowest BCUT2D eigenvalue weighted by Gasteiger charge is -2.11. The Hall–Kier alpha value is -1.58. The summed E-state index contributed by atoms with van der Waals surface area (Å²) in [6.45, 7) is 4.34. The van der Waals surface area contributed by atoms with Gasteiger partial charge in [0.1, 0.15) is 24.5 Å². The van der Waals surface area contributed by atoms with Gasteiger partial charge in [0, 0.05) is 26.6 Å². The van der Waals surface area contributed by atoms with Crippen molar-refractivity contribution in [2.24, 2.45) is 12.0 Å². The minimum atomic E-state index is 0. The van der Waals surface area contributed by atoms with Crippen molar-refractivity contribution in [3.8, 4) is 0 Å². The predicted octanol–water partition coefficient (Wildman–Crippen LogP) is 2.10. The molecule has 0 aromatic carbocycles. The number of halogens is 1. The Morgan fingerprint density at radius 2 is 2.17 bits per heavy atom. The van der Waals surface area contributed by atoms with Crippen molar-refractivity contribution in [2.75, 3.05) is 13.1 Å². The van der Waals surface area contributed by atoms with Crippen LogP contribution in [0.5, 0.6) is 0 Å². The molecule has 2 aromatic rings. The molecule has 0 radical (unpaired) electrons. The number of guanidine groups is 1. The molecule has 2 heterocycles. The van der Waals surface area contributed by atoms with Crippen molar-refractivity contribution < 1.29 is 4.42 Å². The smallest absolute Gasteiger partial charge is 0.191 e. The van der Waals surface area contributed by atoms with E-state index in [0.29, 0.717) is 6.54 Å². The van der Waals surface area contributed by atoms with E-state index in [-0.39, 0.29) is 24.0 Å². The van der Waals surface area contributed by atoms with E-state index in [9.17, 15) is 0 Å². The molecule has 0 bridgehead atoms. The van der Waals surface area contributed by atoms with Gasteiger partial charge in [-0.05, 0) is 18.6 Å². The van der Waals surface area contributed by atoms with Crippen molar-refractivity contribution >= 4 is 29.9 Å². The third kappa shape index (κ3) is 7.02. The highest BCUT2D eigenvalue weighted by molar-refractivity contribution is 14.0. The zero-order valence-electron chi connectivity index (χ0n) is 13.7. The molecule has 2 aromatic heterocycles. The highest BCUT2D eigenvalue weighted by atomic mass is 127. The molecule has 0 amide bonds. The molecule has 7 nitrogen and oxygen atoms in total. The zero-order chi connectivity index (χ0) is 15.6. The topological polar surface area (TPSA) is 80.3 Å². The van der Waals surface area contributed by atoms with Gasteiger partial charge < -0.3 is 15.1 Å². The van der Waals surface area contributed by atoms with Crippen LogP contribution >= 0.6 is 24.0 Å². The van der Waals surface area contributed by atoms with Crippen molar-refractivity contribution in [1.29, 1.82) is 0 Å². The van der Waals surface area contributed by atoms with Gasteiger partial charge in [-0.1, -0.05) is 13.3 Å². The van der Waals surface area contributed by atoms with E-state index >= 15 is 0 Å². The number of aliphatic imine (C=N–C) groups is 1. The quantitative estimate of drug-likeness (QED) is 0.289. The molecule has 0 spiro atoms. The van der Waals surface area contributed by atoms with E-state index in [2.05, 4.69) is 32.6 Å². The normalized spacial score (nSPS) is 11.1. The number of nitrogens with zero attached hydrogens (tertiary/aromatic N) is 4. The van der Waals surface area contributed by atoms with Gasteiger partial charge in [0.2, 0.25) is 0 Å². The zero-order valence-corrected chi connectivity index (χ0v) is 16.0. The molecular weight excluding hydrogens is 407 g/mol. The lowest BCUT2D eigenvalue weighted by molar-refractivity contribution is 0.506. The third-order valence-corrected chi connectivity index (χ3v) is 3.25. The van der Waals surface area contributed by atoms with Crippen LogP contribution in [0.25, 0.3) is 0 Å². The fraction of sp³-hybridized carbons (Fsp3) is 0.533. The van der Waals surface area contributed by atoms with Crippen molar-refractivity contribution in [3.63, 3.8) is 0 Å². The summed E-state index contributed by atoms with van der Waals surface area (Å²) >= 11 is 0. The Bertz CT molecular complexity index is 566. The van der Waals surface area contributed by atoms with Crippen LogP contribution in [0.3, 0.4) is 0 Å². The molecule has 0 fully saturated rings. The van der Waals surface area contributed by atoms with Gasteiger partial charge >= 0.3 is 0 Å². The fourth-order valence-corrected chi connectivity index (χ4v) is 1.93. The number of nitrogens with one attached hydrogen (secondary N) is 2. The molecule has 23 heavy (non-hydrogen) atoms. The SMILES string of the molecule is CCCCNC(=NCc1ncnn1C)NCCc1ccco1.I. The van der Waals surface area contributed by atoms with Crippen LogP contribution in [0.4, 0.5) is 0 Å². The number of aryl methyl sites for hydroxylation is 1. The van der Waals surface area contributed by atoms with Crippen molar-refractivity contribution in [2.45, 2.75) is 32.7 Å². The highest BCUT2D eigenvalue weighted by Crippen LogP contribution is 1.99. The first-order chi connectivity index (χ1) is 10.8. The van der Waals surface area contributed by atoms with E-state index < -0.39 is 0 Å². The average Bonchev–Trinajstić information content (AvgIpc) is 3.16. The van der Waals surface area contributed by atoms with Crippen LogP contribution in [0.15, 0.2) is 34.1 Å². The molecule has 0 aliphatic heterocycles. The summed E-state index contributed by atoms with van der Waals surface area (Å²) in [5.41, 5.74) is 0. The number of unbranched alkanes of at least 4 members (excludes halogenated alkanes) is 1. The van der Waals surface area contributed by atoms with Crippen LogP contribution in [0.1, 0.15) is 31.4 Å². The number of hydrogen-bond acceptors (Lipinski definition) is 4. The first-order valence-electron chi connectivity index (χ1n) is 7.67. The Balaban J connectivity index is 0.00000264. The predicted molar refractivity (Wildman–Crippen MR) is 101 cm³/mol. The van der Waals surface area contributed by atoms with E-state index in [0.717, 1.165) is 49.9 Å². The lowest BCUT2D eigenvalue weighted by Crippen LogP contribution is -2.39. The summed E-state index contributed by atoms with van der Waals surface area (Å²) in [6, 6.07) is 3.88. The molecule has 0 saturated carbocycles. The third-order valence-electron chi connectivity index (χ3n) is 3.25. The van der Waals surface area contributed by atoms with Crippen LogP contribution in [-0.4, -0.2) is 33.8 Å². The average molecular weight is 432 g/mol. The minimum Gasteiger partial charge on any atom is -0.469 e. The summed E-state index contributed by atoms with van der Waals surface area (Å²) in [5, 5.41) is 10.7. The Morgan fingerprint density at radius 3 is 2.83 bits per heavy atom. The number of hydrogen-bond donors (Lipinski definition) is 2. The summed E-state index contributed by atoms with van der Waals surface area (Å²) < 4.78 is 7.06. The molecule has 8 heteroatoms. The Morgan fingerprint density at radius 1 is 1.35 bits per heavy atom. The summed E-state index contributed by atoms with van der Waals surface area (Å²) in [4.78, 5) is 8.74. The summed E-state index contributed by atoms with van der Waals surface area (Å²) in [6.07, 6.45) is 6.32. The fourth-order valence-electron chi connectivity index (χ4n) is 1.93. The molecule has 2 N–H and O–H groups in total. The van der Waals surface area contributed by atoms with Gasteiger partial charge in [0.25, 0.3) is 0 Å². The Kier molecular flexibility index (Phi) is 9.34. The van der Waals surface area contributed by atoms with Gasteiger partial charge in [-0.25, -0.2) is 9.98 Å². The van der Waals surface area contributed by atoms with Crippen LogP contribution in [-0.2, 0) is 20.0 Å². The standard InChI is InChI=1S/C15H24N6O.HI/c1-3-4-8-16-15(17-9-7-13-6-5-10-22-13)18-11-14-19-12-20-21(14)2;/h5-6,10,12H,3-4,7-9,11H2,1-2H3,(H2,16,17,18);1H. The lowest BCUT2D eigenvalue weighted by atomic mass is 10.3.